The van der Waals surface area contributed by atoms with Crippen molar-refractivity contribution in [3.63, 3.8) is 0 Å². The number of hydrogen-bond acceptors (Lipinski definition) is 4. The smallest absolute Gasteiger partial charge is 0.320 e. The molecule has 2 N–H and O–H groups in total. The molecule has 2 rings (SSSR count). The van der Waals surface area contributed by atoms with E-state index >= 15 is 0 Å². The van der Waals surface area contributed by atoms with Crippen molar-refractivity contribution in [3.8, 4) is 0 Å². The van der Waals surface area contributed by atoms with Gasteiger partial charge in [-0.3, -0.25) is 15.1 Å². The van der Waals surface area contributed by atoms with Crippen LogP contribution in [0.5, 0.6) is 0 Å². The zero-order valence-electron chi connectivity index (χ0n) is 11.4. The molecule has 0 bridgehead atoms. The molecule has 0 spiro atoms. The summed E-state index contributed by atoms with van der Waals surface area (Å²) >= 11 is 1.65. The second-order valence-corrected chi connectivity index (χ2v) is 5.53. The van der Waals surface area contributed by atoms with Crippen molar-refractivity contribution >= 4 is 28.6 Å². The molecule has 0 aliphatic rings. The van der Waals surface area contributed by atoms with Gasteiger partial charge < -0.3 is 5.11 Å². The van der Waals surface area contributed by atoms with Gasteiger partial charge in [-0.15, -0.1) is 0 Å². The Morgan fingerprint density at radius 1 is 1.35 bits per heavy atom. The lowest BCUT2D eigenvalue weighted by molar-refractivity contribution is -0.139. The number of nitrogens with zero attached hydrogens (tertiary/aromatic N) is 1. The lowest BCUT2D eigenvalue weighted by atomic mass is 10.2. The van der Waals surface area contributed by atoms with Gasteiger partial charge in [0.2, 0.25) is 0 Å². The first-order valence-corrected chi connectivity index (χ1v) is 7.90. The average Bonchev–Trinajstić information content (AvgIpc) is 2.46. The molecule has 2 aromatic rings. The number of para-hydroxylation sites is 1. The minimum atomic E-state index is -0.806. The molecule has 5 heteroatoms. The van der Waals surface area contributed by atoms with Crippen LogP contribution in [0.4, 0.5) is 0 Å². The molecule has 0 aliphatic carbocycles. The first-order chi connectivity index (χ1) is 9.70. The molecule has 1 heterocycles. The summed E-state index contributed by atoms with van der Waals surface area (Å²) in [5.41, 5.74) is 1.79. The van der Waals surface area contributed by atoms with Crippen LogP contribution in [0.25, 0.3) is 10.9 Å². The third kappa shape index (κ3) is 3.95. The molecule has 1 aromatic heterocycles. The zero-order valence-corrected chi connectivity index (χ0v) is 12.2. The van der Waals surface area contributed by atoms with Gasteiger partial charge in [-0.05, 0) is 30.6 Å². The van der Waals surface area contributed by atoms with Gasteiger partial charge in [-0.1, -0.05) is 24.3 Å². The number of pyridine rings is 1. The normalized spacial score (nSPS) is 12.4. The molecule has 20 heavy (non-hydrogen) atoms. The van der Waals surface area contributed by atoms with Gasteiger partial charge in [-0.2, -0.15) is 11.8 Å². The van der Waals surface area contributed by atoms with E-state index in [1.807, 2.05) is 42.7 Å². The van der Waals surface area contributed by atoms with E-state index in [4.69, 9.17) is 5.11 Å². The van der Waals surface area contributed by atoms with E-state index < -0.39 is 12.0 Å². The Labute approximate surface area is 122 Å². The van der Waals surface area contributed by atoms with Crippen LogP contribution in [0.1, 0.15) is 12.1 Å². The number of carboxylic acids is 1. The maximum atomic E-state index is 11.1. The quantitative estimate of drug-likeness (QED) is 0.820. The SMILES string of the molecule is CSCC[C@H](NCc1ccc2ccccc2n1)C(=O)O. The number of carbonyl (C=O) groups is 1. The average molecular weight is 290 g/mol. The molecule has 0 fully saturated rings. The molecule has 1 atom stereocenters. The van der Waals surface area contributed by atoms with Crippen LogP contribution in [0.3, 0.4) is 0 Å². The van der Waals surface area contributed by atoms with E-state index in [2.05, 4.69) is 10.3 Å². The maximum Gasteiger partial charge on any atom is 0.320 e. The number of fused-ring (bicyclic) bond motifs is 1. The van der Waals surface area contributed by atoms with Crippen molar-refractivity contribution in [2.45, 2.75) is 19.0 Å². The monoisotopic (exact) mass is 290 g/mol. The molecular weight excluding hydrogens is 272 g/mol. The van der Waals surface area contributed by atoms with Crippen LogP contribution < -0.4 is 5.32 Å². The summed E-state index contributed by atoms with van der Waals surface area (Å²) in [6.07, 6.45) is 2.59. The molecule has 4 nitrogen and oxygen atoms in total. The van der Waals surface area contributed by atoms with Crippen molar-refractivity contribution in [1.29, 1.82) is 0 Å². The minimum Gasteiger partial charge on any atom is -0.480 e. The van der Waals surface area contributed by atoms with Crippen molar-refractivity contribution in [2.24, 2.45) is 0 Å². The van der Waals surface area contributed by atoms with Crippen molar-refractivity contribution < 1.29 is 9.90 Å². The van der Waals surface area contributed by atoms with E-state index in [1.165, 1.54) is 0 Å². The van der Waals surface area contributed by atoms with Crippen molar-refractivity contribution in [1.82, 2.24) is 10.3 Å². The number of thioether (sulfide) groups is 1. The van der Waals surface area contributed by atoms with Crippen LogP contribution in [-0.4, -0.2) is 34.1 Å². The van der Waals surface area contributed by atoms with E-state index in [1.54, 1.807) is 11.8 Å². The highest BCUT2D eigenvalue weighted by Crippen LogP contribution is 2.12. The molecular formula is C15H18N2O2S. The number of aromatic nitrogens is 1. The Bertz CT molecular complexity index is 589. The summed E-state index contributed by atoms with van der Waals surface area (Å²) in [5, 5.41) is 13.3. The Balaban J connectivity index is 2.01. The molecule has 106 valence electrons. The van der Waals surface area contributed by atoms with E-state index in [-0.39, 0.29) is 0 Å². The predicted octanol–water partition coefficient (Wildman–Crippen LogP) is 2.53. The minimum absolute atomic E-state index is 0.468. The number of nitrogens with one attached hydrogen (secondary N) is 1. The molecule has 0 unspecified atom stereocenters. The Kier molecular flexibility index (Phi) is 5.38. The predicted molar refractivity (Wildman–Crippen MR) is 83.0 cm³/mol. The highest BCUT2D eigenvalue weighted by atomic mass is 32.2. The first kappa shape index (κ1) is 14.8. The van der Waals surface area contributed by atoms with E-state index in [0.717, 1.165) is 22.3 Å². The first-order valence-electron chi connectivity index (χ1n) is 6.50. The van der Waals surface area contributed by atoms with Crippen LogP contribution >= 0.6 is 11.8 Å². The summed E-state index contributed by atoms with van der Waals surface area (Å²) < 4.78 is 0. The van der Waals surface area contributed by atoms with Gasteiger partial charge >= 0.3 is 5.97 Å². The van der Waals surface area contributed by atoms with Gasteiger partial charge in [-0.25, -0.2) is 0 Å². The van der Waals surface area contributed by atoms with Crippen molar-refractivity contribution in [2.75, 3.05) is 12.0 Å². The third-order valence-electron chi connectivity index (χ3n) is 3.09. The number of hydrogen-bond donors (Lipinski definition) is 2. The summed E-state index contributed by atoms with van der Waals surface area (Å²) in [7, 11) is 0. The highest BCUT2D eigenvalue weighted by Gasteiger charge is 2.16. The Morgan fingerprint density at radius 3 is 2.90 bits per heavy atom. The molecule has 0 radical (unpaired) electrons. The molecule has 0 amide bonds. The second kappa shape index (κ2) is 7.26. The lowest BCUT2D eigenvalue weighted by Crippen LogP contribution is -2.36. The fourth-order valence-electron chi connectivity index (χ4n) is 1.98. The van der Waals surface area contributed by atoms with Crippen LogP contribution in [-0.2, 0) is 11.3 Å². The van der Waals surface area contributed by atoms with Gasteiger partial charge in [0.1, 0.15) is 6.04 Å². The fraction of sp³-hybridized carbons (Fsp3) is 0.333. The largest absolute Gasteiger partial charge is 0.480 e. The number of benzene rings is 1. The van der Waals surface area contributed by atoms with Gasteiger partial charge in [0.15, 0.2) is 0 Å². The Hall–Kier alpha value is -1.59. The van der Waals surface area contributed by atoms with E-state index in [0.29, 0.717) is 13.0 Å². The van der Waals surface area contributed by atoms with Gasteiger partial charge in [0.25, 0.3) is 0 Å². The van der Waals surface area contributed by atoms with E-state index in [9.17, 15) is 4.79 Å². The number of aliphatic carboxylic acids is 1. The number of rotatable bonds is 7. The zero-order chi connectivity index (χ0) is 14.4. The van der Waals surface area contributed by atoms with Crippen LogP contribution in [0.15, 0.2) is 36.4 Å². The summed E-state index contributed by atoms with van der Waals surface area (Å²) in [6.45, 7) is 0.468. The van der Waals surface area contributed by atoms with Crippen LogP contribution in [0.2, 0.25) is 0 Å². The summed E-state index contributed by atoms with van der Waals surface area (Å²) in [6, 6.07) is 11.3. The second-order valence-electron chi connectivity index (χ2n) is 4.55. The molecule has 0 aliphatic heterocycles. The van der Waals surface area contributed by atoms with Gasteiger partial charge in [0, 0.05) is 11.9 Å². The maximum absolute atomic E-state index is 11.1. The van der Waals surface area contributed by atoms with Crippen molar-refractivity contribution in [3.05, 3.63) is 42.1 Å². The highest BCUT2D eigenvalue weighted by molar-refractivity contribution is 7.98. The summed E-state index contributed by atoms with van der Waals surface area (Å²) in [5.74, 6) is 0.0228. The van der Waals surface area contributed by atoms with Crippen LogP contribution in [0, 0.1) is 0 Å². The lowest BCUT2D eigenvalue weighted by Gasteiger charge is -2.13. The molecule has 0 saturated heterocycles. The fourth-order valence-corrected chi connectivity index (χ4v) is 2.45. The molecule has 1 aromatic carbocycles. The van der Waals surface area contributed by atoms with Gasteiger partial charge in [0.05, 0.1) is 11.2 Å². The molecule has 0 saturated carbocycles. The summed E-state index contributed by atoms with van der Waals surface area (Å²) in [4.78, 5) is 15.7. The number of carboxylic acid groups (broad SMARTS) is 1. The standard InChI is InChI=1S/C15H18N2O2S/c1-20-9-8-14(15(18)19)16-10-12-7-6-11-4-2-3-5-13(11)17-12/h2-7,14,16H,8-10H2,1H3,(H,18,19)/t14-/m0/s1. The third-order valence-corrected chi connectivity index (χ3v) is 3.74. The Morgan fingerprint density at radius 2 is 2.15 bits per heavy atom. The topological polar surface area (TPSA) is 62.2 Å².